The third kappa shape index (κ3) is 3.35. The number of nitrogens with two attached hydrogens (primary N) is 1. The molecule has 0 radical (unpaired) electrons. The minimum atomic E-state index is -0.340. The van der Waals surface area contributed by atoms with E-state index in [2.05, 4.69) is 22.1 Å². The van der Waals surface area contributed by atoms with E-state index in [9.17, 15) is 10.1 Å². The van der Waals surface area contributed by atoms with Gasteiger partial charge in [0.05, 0.1) is 15.1 Å². The molecule has 122 valence electrons. The fourth-order valence-corrected chi connectivity index (χ4v) is 3.81. The average molecular weight is 351 g/mol. The fourth-order valence-electron chi connectivity index (χ4n) is 2.76. The van der Waals surface area contributed by atoms with Gasteiger partial charge in [0.1, 0.15) is 5.69 Å². The number of thiazole rings is 1. The first-order chi connectivity index (χ1) is 10.9. The minimum Gasteiger partial charge on any atom is -0.376 e. The van der Waals surface area contributed by atoms with E-state index in [-0.39, 0.29) is 15.7 Å². The molecule has 0 atom stereocenters. The second-order valence-electron chi connectivity index (χ2n) is 5.74. The van der Waals surface area contributed by atoms with Crippen molar-refractivity contribution in [2.45, 2.75) is 19.8 Å². The van der Waals surface area contributed by atoms with Crippen LogP contribution in [0.5, 0.6) is 0 Å². The topological polar surface area (TPSA) is 97.3 Å². The van der Waals surface area contributed by atoms with E-state index in [1.54, 1.807) is 0 Å². The van der Waals surface area contributed by atoms with Crippen molar-refractivity contribution in [2.75, 3.05) is 23.3 Å². The SMILES string of the molecule is CC1CCN(c2cc3sc(NC(N)=S)nc3cc2[N+](=O)[O-])CC1. The zero-order valence-corrected chi connectivity index (χ0v) is 14.2. The van der Waals surface area contributed by atoms with Crippen LogP contribution in [0.1, 0.15) is 19.8 Å². The Labute approximate surface area is 142 Å². The molecule has 3 N–H and O–H groups in total. The molecule has 7 nitrogen and oxygen atoms in total. The molecule has 1 saturated heterocycles. The van der Waals surface area contributed by atoms with Gasteiger partial charge in [-0.25, -0.2) is 4.98 Å². The summed E-state index contributed by atoms with van der Waals surface area (Å²) in [5.74, 6) is 0.666. The number of piperidine rings is 1. The van der Waals surface area contributed by atoms with Crippen LogP contribution in [0.25, 0.3) is 10.2 Å². The van der Waals surface area contributed by atoms with Crippen molar-refractivity contribution in [2.24, 2.45) is 11.7 Å². The molecule has 1 aromatic heterocycles. The van der Waals surface area contributed by atoms with Gasteiger partial charge in [0, 0.05) is 19.2 Å². The Morgan fingerprint density at radius 2 is 2.22 bits per heavy atom. The van der Waals surface area contributed by atoms with E-state index in [1.807, 2.05) is 6.07 Å². The molecule has 2 aromatic rings. The molecule has 0 bridgehead atoms. The number of nitrogens with zero attached hydrogens (tertiary/aromatic N) is 3. The van der Waals surface area contributed by atoms with Gasteiger partial charge in [-0.1, -0.05) is 18.3 Å². The highest BCUT2D eigenvalue weighted by Crippen LogP contribution is 2.38. The lowest BCUT2D eigenvalue weighted by atomic mass is 9.98. The van der Waals surface area contributed by atoms with Crippen LogP contribution in [-0.2, 0) is 0 Å². The molecule has 0 saturated carbocycles. The summed E-state index contributed by atoms with van der Waals surface area (Å²) >= 11 is 6.19. The molecule has 0 amide bonds. The third-order valence-electron chi connectivity index (χ3n) is 4.04. The van der Waals surface area contributed by atoms with E-state index in [4.69, 9.17) is 18.0 Å². The van der Waals surface area contributed by atoms with E-state index in [0.29, 0.717) is 22.3 Å². The Hall–Kier alpha value is -2.00. The number of benzene rings is 1. The first kappa shape index (κ1) is 15.9. The summed E-state index contributed by atoms with van der Waals surface area (Å²) in [7, 11) is 0. The molecule has 3 rings (SSSR count). The highest BCUT2D eigenvalue weighted by molar-refractivity contribution is 7.80. The van der Waals surface area contributed by atoms with Crippen LogP contribution >= 0.6 is 23.6 Å². The Balaban J connectivity index is 2.02. The molecule has 0 aliphatic carbocycles. The van der Waals surface area contributed by atoms with Crippen molar-refractivity contribution in [3.05, 3.63) is 22.2 Å². The summed E-state index contributed by atoms with van der Waals surface area (Å²) in [6.07, 6.45) is 2.10. The van der Waals surface area contributed by atoms with Crippen LogP contribution in [0.15, 0.2) is 12.1 Å². The van der Waals surface area contributed by atoms with Gasteiger partial charge >= 0.3 is 0 Å². The lowest BCUT2D eigenvalue weighted by Crippen LogP contribution is -2.33. The minimum absolute atomic E-state index is 0.0965. The summed E-state index contributed by atoms with van der Waals surface area (Å²) in [6, 6.07) is 3.38. The van der Waals surface area contributed by atoms with Gasteiger partial charge in [-0.05, 0) is 37.0 Å². The van der Waals surface area contributed by atoms with Crippen LogP contribution in [0.4, 0.5) is 16.5 Å². The molecule has 0 unspecified atom stereocenters. The van der Waals surface area contributed by atoms with Gasteiger partial charge in [-0.3, -0.25) is 10.1 Å². The molecule has 1 aromatic carbocycles. The molecule has 23 heavy (non-hydrogen) atoms. The van der Waals surface area contributed by atoms with Crippen LogP contribution in [0, 0.1) is 16.0 Å². The van der Waals surface area contributed by atoms with Crippen molar-refractivity contribution in [3.8, 4) is 0 Å². The number of thiocarbonyl (C=S) groups is 1. The summed E-state index contributed by atoms with van der Waals surface area (Å²) in [5, 5.41) is 14.9. The molecule has 1 aliphatic heterocycles. The van der Waals surface area contributed by atoms with E-state index < -0.39 is 0 Å². The van der Waals surface area contributed by atoms with Gasteiger partial charge in [0.2, 0.25) is 0 Å². The monoisotopic (exact) mass is 351 g/mol. The Kier molecular flexibility index (Phi) is 4.31. The number of hydrogen-bond acceptors (Lipinski definition) is 6. The van der Waals surface area contributed by atoms with Crippen LogP contribution < -0.4 is 16.0 Å². The molecule has 9 heteroatoms. The van der Waals surface area contributed by atoms with Gasteiger partial charge in [0.25, 0.3) is 5.69 Å². The summed E-state index contributed by atoms with van der Waals surface area (Å²) in [6.45, 7) is 3.89. The maximum atomic E-state index is 11.5. The number of aromatic nitrogens is 1. The number of nitro benzene ring substituents is 1. The first-order valence-corrected chi connectivity index (χ1v) is 8.57. The van der Waals surface area contributed by atoms with Gasteiger partial charge in [0.15, 0.2) is 10.2 Å². The molecule has 1 fully saturated rings. The summed E-state index contributed by atoms with van der Waals surface area (Å²) in [4.78, 5) is 17.5. The summed E-state index contributed by atoms with van der Waals surface area (Å²) in [5.41, 5.74) is 6.80. The lowest BCUT2D eigenvalue weighted by Gasteiger charge is -2.31. The van der Waals surface area contributed by atoms with Crippen molar-refractivity contribution in [1.82, 2.24) is 4.98 Å². The van der Waals surface area contributed by atoms with E-state index in [0.717, 1.165) is 30.6 Å². The maximum absolute atomic E-state index is 11.5. The van der Waals surface area contributed by atoms with Crippen LogP contribution in [0.3, 0.4) is 0 Å². The van der Waals surface area contributed by atoms with Gasteiger partial charge in [-0.15, -0.1) is 0 Å². The third-order valence-corrected chi connectivity index (χ3v) is 5.07. The largest absolute Gasteiger partial charge is 0.376 e. The van der Waals surface area contributed by atoms with Gasteiger partial charge < -0.3 is 16.0 Å². The second kappa shape index (κ2) is 6.25. The van der Waals surface area contributed by atoms with Crippen molar-refractivity contribution in [3.63, 3.8) is 0 Å². The number of nitrogens with one attached hydrogen (secondary N) is 1. The maximum Gasteiger partial charge on any atom is 0.294 e. The standard InChI is InChI=1S/C14H17N5O2S2/c1-8-2-4-18(5-3-8)10-7-12-9(6-11(10)19(20)21)16-14(23-12)17-13(15)22/h6-8H,2-5H2,1H3,(H3,15,16,17,22). The van der Waals surface area contributed by atoms with Crippen molar-refractivity contribution in [1.29, 1.82) is 0 Å². The Bertz CT molecular complexity index is 768. The zero-order chi connectivity index (χ0) is 16.6. The lowest BCUT2D eigenvalue weighted by molar-refractivity contribution is -0.384. The van der Waals surface area contributed by atoms with Crippen molar-refractivity contribution < 1.29 is 4.92 Å². The van der Waals surface area contributed by atoms with Crippen LogP contribution in [0.2, 0.25) is 0 Å². The Morgan fingerprint density at radius 3 is 2.83 bits per heavy atom. The molecule has 2 heterocycles. The molecular weight excluding hydrogens is 334 g/mol. The molecule has 1 aliphatic rings. The number of fused-ring (bicyclic) bond motifs is 1. The van der Waals surface area contributed by atoms with E-state index in [1.165, 1.54) is 17.4 Å². The quantitative estimate of drug-likeness (QED) is 0.498. The summed E-state index contributed by atoms with van der Waals surface area (Å²) < 4.78 is 0.878. The smallest absolute Gasteiger partial charge is 0.294 e. The number of nitro groups is 1. The number of hydrogen-bond donors (Lipinski definition) is 2. The second-order valence-corrected chi connectivity index (χ2v) is 7.21. The van der Waals surface area contributed by atoms with Crippen LogP contribution in [-0.4, -0.2) is 28.1 Å². The highest BCUT2D eigenvalue weighted by atomic mass is 32.1. The number of anilines is 2. The highest BCUT2D eigenvalue weighted by Gasteiger charge is 2.25. The molecular formula is C14H17N5O2S2. The predicted octanol–water partition coefficient (Wildman–Crippen LogP) is 3.10. The number of rotatable bonds is 3. The van der Waals surface area contributed by atoms with E-state index >= 15 is 0 Å². The Morgan fingerprint density at radius 1 is 1.52 bits per heavy atom. The zero-order valence-electron chi connectivity index (χ0n) is 12.6. The normalized spacial score (nSPS) is 15.8. The predicted molar refractivity (Wildman–Crippen MR) is 97.3 cm³/mol. The molecule has 0 spiro atoms. The van der Waals surface area contributed by atoms with Crippen molar-refractivity contribution >= 4 is 55.4 Å². The first-order valence-electron chi connectivity index (χ1n) is 7.34. The fraction of sp³-hybridized carbons (Fsp3) is 0.429. The van der Waals surface area contributed by atoms with Gasteiger partial charge in [-0.2, -0.15) is 0 Å². The average Bonchev–Trinajstić information content (AvgIpc) is 2.86.